The average molecular weight is 342 g/mol. The van der Waals surface area contributed by atoms with Gasteiger partial charge in [-0.15, -0.1) is 0 Å². The van der Waals surface area contributed by atoms with Crippen LogP contribution < -0.4 is 15.8 Å². The fraction of sp³-hybridized carbons (Fsp3) is 0.286. The minimum atomic E-state index is -0.599. The van der Waals surface area contributed by atoms with Crippen molar-refractivity contribution in [2.24, 2.45) is 5.73 Å². The van der Waals surface area contributed by atoms with Crippen molar-refractivity contribution in [2.45, 2.75) is 12.8 Å². The number of nitrogens with two attached hydrogens (primary N) is 1. The number of carbonyl (C=O) groups is 2. The molecule has 0 radical (unpaired) electrons. The van der Waals surface area contributed by atoms with Gasteiger partial charge in [0.15, 0.2) is 6.61 Å². The summed E-state index contributed by atoms with van der Waals surface area (Å²) in [5.74, 6) is -0.291. The third-order valence-electron chi connectivity index (χ3n) is 3.53. The molecular weight excluding hydrogens is 329 g/mol. The van der Waals surface area contributed by atoms with Crippen LogP contribution in [0, 0.1) is 0 Å². The Bertz CT molecular complexity index is 785. The van der Waals surface area contributed by atoms with Gasteiger partial charge in [-0.05, 0) is 5.56 Å². The normalized spacial score (nSPS) is 14.4. The average Bonchev–Trinajstić information content (AvgIpc) is 2.70. The van der Waals surface area contributed by atoms with E-state index in [1.165, 1.54) is 6.07 Å². The molecule has 8 heteroatoms. The molecule has 116 valence electrons. The van der Waals surface area contributed by atoms with Gasteiger partial charge in [-0.25, -0.2) is 0 Å². The Morgan fingerprint density at radius 2 is 2.18 bits per heavy atom. The molecule has 1 aliphatic rings. The maximum atomic E-state index is 11.8. The molecular formula is C14H13Cl2N3O3. The van der Waals surface area contributed by atoms with E-state index in [0.29, 0.717) is 39.7 Å². The standard InChI is InChI=1S/C14H13Cl2N3O3/c15-7-4-9(22-5-10(17)20)12-6-3-11(21)18-2-1-8(6)19-14(12)13(7)16/h4,19H,1-3,5H2,(H2,17,20)(H,18,21). The molecule has 1 aromatic heterocycles. The molecule has 0 unspecified atom stereocenters. The lowest BCUT2D eigenvalue weighted by molar-refractivity contribution is -0.121. The van der Waals surface area contributed by atoms with E-state index in [0.717, 1.165) is 11.3 Å². The Kier molecular flexibility index (Phi) is 3.88. The summed E-state index contributed by atoms with van der Waals surface area (Å²) in [7, 11) is 0. The minimum Gasteiger partial charge on any atom is -0.483 e. The first-order valence-electron chi connectivity index (χ1n) is 6.66. The van der Waals surface area contributed by atoms with Crippen molar-refractivity contribution in [3.8, 4) is 5.75 Å². The topological polar surface area (TPSA) is 97.2 Å². The first kappa shape index (κ1) is 15.0. The zero-order valence-electron chi connectivity index (χ0n) is 11.5. The largest absolute Gasteiger partial charge is 0.483 e. The van der Waals surface area contributed by atoms with Gasteiger partial charge < -0.3 is 20.8 Å². The number of rotatable bonds is 3. The van der Waals surface area contributed by atoms with Crippen molar-refractivity contribution < 1.29 is 14.3 Å². The number of nitrogens with one attached hydrogen (secondary N) is 2. The summed E-state index contributed by atoms with van der Waals surface area (Å²) in [5, 5.41) is 4.13. The van der Waals surface area contributed by atoms with E-state index >= 15 is 0 Å². The van der Waals surface area contributed by atoms with Gasteiger partial charge in [0.2, 0.25) is 5.91 Å². The SMILES string of the molecule is NC(=O)COc1cc(Cl)c(Cl)c2[nH]c3c(c12)CC(=O)NCC3. The Morgan fingerprint density at radius 3 is 2.91 bits per heavy atom. The summed E-state index contributed by atoms with van der Waals surface area (Å²) < 4.78 is 5.45. The summed E-state index contributed by atoms with van der Waals surface area (Å²) in [6, 6.07) is 1.53. The predicted molar refractivity (Wildman–Crippen MR) is 83.4 cm³/mol. The third-order valence-corrected chi connectivity index (χ3v) is 4.32. The van der Waals surface area contributed by atoms with E-state index in [4.69, 9.17) is 33.7 Å². The zero-order valence-corrected chi connectivity index (χ0v) is 13.0. The van der Waals surface area contributed by atoms with E-state index in [2.05, 4.69) is 10.3 Å². The smallest absolute Gasteiger partial charge is 0.255 e. The second-order valence-corrected chi connectivity index (χ2v) is 5.82. The van der Waals surface area contributed by atoms with Crippen molar-refractivity contribution in [1.29, 1.82) is 0 Å². The highest BCUT2D eigenvalue weighted by Gasteiger charge is 2.23. The van der Waals surface area contributed by atoms with Crippen molar-refractivity contribution >= 4 is 45.9 Å². The number of benzene rings is 1. The molecule has 0 spiro atoms. The molecule has 2 amide bonds. The van der Waals surface area contributed by atoms with Crippen LogP contribution in [0.15, 0.2) is 6.07 Å². The number of fused-ring (bicyclic) bond motifs is 3. The maximum Gasteiger partial charge on any atom is 0.255 e. The predicted octanol–water partition coefficient (Wildman–Crippen LogP) is 1.55. The van der Waals surface area contributed by atoms with Gasteiger partial charge in [0, 0.05) is 30.1 Å². The maximum absolute atomic E-state index is 11.8. The number of aromatic amines is 1. The molecule has 1 aliphatic heterocycles. The first-order chi connectivity index (χ1) is 10.5. The van der Waals surface area contributed by atoms with Crippen LogP contribution in [0.25, 0.3) is 10.9 Å². The highest BCUT2D eigenvalue weighted by Crippen LogP contribution is 2.40. The van der Waals surface area contributed by atoms with E-state index in [-0.39, 0.29) is 18.9 Å². The summed E-state index contributed by atoms with van der Waals surface area (Å²) in [5.41, 5.74) is 7.43. The first-order valence-corrected chi connectivity index (χ1v) is 7.42. The van der Waals surface area contributed by atoms with Crippen molar-refractivity contribution in [2.75, 3.05) is 13.2 Å². The second-order valence-electron chi connectivity index (χ2n) is 5.03. The molecule has 0 saturated carbocycles. The fourth-order valence-corrected chi connectivity index (χ4v) is 3.01. The Hall–Kier alpha value is -1.92. The summed E-state index contributed by atoms with van der Waals surface area (Å²) in [6.07, 6.45) is 0.860. The van der Waals surface area contributed by atoms with Crippen LogP contribution in [0.1, 0.15) is 11.3 Å². The molecule has 4 N–H and O–H groups in total. The number of carbonyl (C=O) groups excluding carboxylic acids is 2. The Balaban J connectivity index is 2.21. The quantitative estimate of drug-likeness (QED) is 0.789. The molecule has 0 aliphatic carbocycles. The van der Waals surface area contributed by atoms with Crippen LogP contribution >= 0.6 is 23.2 Å². The molecule has 0 fully saturated rings. The Labute approximate surface area is 135 Å². The lowest BCUT2D eigenvalue weighted by Crippen LogP contribution is -2.24. The van der Waals surface area contributed by atoms with Gasteiger partial charge >= 0.3 is 0 Å². The van der Waals surface area contributed by atoms with E-state index in [9.17, 15) is 9.59 Å². The number of halogens is 2. The molecule has 2 heterocycles. The zero-order chi connectivity index (χ0) is 15.9. The lowest BCUT2D eigenvalue weighted by atomic mass is 10.1. The third kappa shape index (κ3) is 2.60. The summed E-state index contributed by atoms with van der Waals surface area (Å²) in [6.45, 7) is 0.265. The van der Waals surface area contributed by atoms with Crippen LogP contribution in [-0.2, 0) is 22.4 Å². The van der Waals surface area contributed by atoms with E-state index in [1.807, 2.05) is 0 Å². The van der Waals surface area contributed by atoms with Crippen LogP contribution in [0.4, 0.5) is 0 Å². The molecule has 0 atom stereocenters. The molecule has 3 rings (SSSR count). The second kappa shape index (κ2) is 5.70. The Morgan fingerprint density at radius 1 is 1.41 bits per heavy atom. The molecule has 6 nitrogen and oxygen atoms in total. The number of hydrogen-bond donors (Lipinski definition) is 3. The van der Waals surface area contributed by atoms with Gasteiger partial charge in [0.1, 0.15) is 5.75 Å². The van der Waals surface area contributed by atoms with Gasteiger partial charge in [-0.2, -0.15) is 0 Å². The van der Waals surface area contributed by atoms with Gasteiger partial charge in [0.05, 0.1) is 22.0 Å². The number of hydrogen-bond acceptors (Lipinski definition) is 3. The number of amides is 2. The van der Waals surface area contributed by atoms with Gasteiger partial charge in [-0.3, -0.25) is 9.59 Å². The van der Waals surface area contributed by atoms with Gasteiger partial charge in [-0.1, -0.05) is 23.2 Å². The number of ether oxygens (including phenoxy) is 1. The van der Waals surface area contributed by atoms with Crippen LogP contribution in [0.5, 0.6) is 5.75 Å². The highest BCUT2D eigenvalue weighted by atomic mass is 35.5. The fourth-order valence-electron chi connectivity index (χ4n) is 2.62. The van der Waals surface area contributed by atoms with Crippen LogP contribution in [-0.4, -0.2) is 29.9 Å². The molecule has 22 heavy (non-hydrogen) atoms. The molecule has 2 aromatic rings. The molecule has 0 saturated heterocycles. The van der Waals surface area contributed by atoms with E-state index < -0.39 is 5.91 Å². The van der Waals surface area contributed by atoms with Crippen LogP contribution in [0.3, 0.4) is 0 Å². The van der Waals surface area contributed by atoms with Gasteiger partial charge in [0.25, 0.3) is 5.91 Å². The summed E-state index contributed by atoms with van der Waals surface area (Å²) in [4.78, 5) is 26.0. The minimum absolute atomic E-state index is 0.0772. The number of aromatic nitrogens is 1. The van der Waals surface area contributed by atoms with Crippen molar-refractivity contribution in [3.05, 3.63) is 27.4 Å². The van der Waals surface area contributed by atoms with E-state index in [1.54, 1.807) is 0 Å². The summed E-state index contributed by atoms with van der Waals surface area (Å²) >= 11 is 12.4. The van der Waals surface area contributed by atoms with Crippen molar-refractivity contribution in [3.63, 3.8) is 0 Å². The number of primary amides is 1. The molecule has 0 bridgehead atoms. The van der Waals surface area contributed by atoms with Crippen molar-refractivity contribution in [1.82, 2.24) is 10.3 Å². The lowest BCUT2D eigenvalue weighted by Gasteiger charge is -2.09. The monoisotopic (exact) mass is 341 g/mol. The molecule has 1 aromatic carbocycles. The highest BCUT2D eigenvalue weighted by molar-refractivity contribution is 6.45. The number of H-pyrrole nitrogens is 1. The van der Waals surface area contributed by atoms with Crippen LogP contribution in [0.2, 0.25) is 10.0 Å².